The van der Waals surface area contributed by atoms with Crippen LogP contribution in [-0.2, 0) is 4.79 Å². The number of ether oxygens (including phenoxy) is 3. The van der Waals surface area contributed by atoms with Crippen molar-refractivity contribution in [1.82, 2.24) is 9.80 Å². The van der Waals surface area contributed by atoms with Gasteiger partial charge in [0.15, 0.2) is 17.3 Å². The molecule has 2 atom stereocenters. The van der Waals surface area contributed by atoms with Gasteiger partial charge in [-0.2, -0.15) is 0 Å². The van der Waals surface area contributed by atoms with E-state index in [4.69, 9.17) is 14.2 Å². The van der Waals surface area contributed by atoms with Gasteiger partial charge < -0.3 is 19.1 Å². The van der Waals surface area contributed by atoms with Crippen LogP contribution in [0.2, 0.25) is 0 Å². The average Bonchev–Trinajstić information content (AvgIpc) is 3.30. The number of nitrogens with zero attached hydrogens (tertiary/aromatic N) is 2. The molecule has 2 unspecified atom stereocenters. The van der Waals surface area contributed by atoms with Crippen molar-refractivity contribution in [2.75, 3.05) is 54.1 Å². The maximum absolute atomic E-state index is 13.1. The second-order valence-electron chi connectivity index (χ2n) is 8.19. The van der Waals surface area contributed by atoms with E-state index in [2.05, 4.69) is 17.1 Å². The topological polar surface area (TPSA) is 68.3 Å². The summed E-state index contributed by atoms with van der Waals surface area (Å²) in [5, 5.41) is 2.39. The van der Waals surface area contributed by atoms with Gasteiger partial charge in [-0.15, -0.1) is 11.8 Å². The molecule has 33 heavy (non-hydrogen) atoms. The fourth-order valence-electron chi connectivity index (χ4n) is 4.45. The van der Waals surface area contributed by atoms with Crippen LogP contribution in [0.5, 0.6) is 17.2 Å². The van der Waals surface area contributed by atoms with E-state index in [0.29, 0.717) is 54.1 Å². The number of amides is 1. The highest BCUT2D eigenvalue weighted by atomic mass is 32.2. The largest absolute Gasteiger partial charge is 0.493 e. The number of Topliss-reactive ketones (excluding diaryl/α,β-unsaturated/α-hetero) is 1. The van der Waals surface area contributed by atoms with E-state index >= 15 is 0 Å². The maximum Gasteiger partial charge on any atom is 0.254 e. The molecule has 0 radical (unpaired) electrons. The van der Waals surface area contributed by atoms with Gasteiger partial charge in [0.05, 0.1) is 21.3 Å². The van der Waals surface area contributed by atoms with Crippen molar-refractivity contribution < 1.29 is 23.8 Å². The fourth-order valence-corrected chi connectivity index (χ4v) is 5.63. The zero-order valence-corrected chi connectivity index (χ0v) is 20.1. The van der Waals surface area contributed by atoms with Crippen LogP contribution in [-0.4, -0.2) is 80.8 Å². The van der Waals surface area contributed by atoms with Crippen molar-refractivity contribution in [2.24, 2.45) is 5.92 Å². The van der Waals surface area contributed by atoms with E-state index in [1.807, 2.05) is 22.5 Å². The minimum Gasteiger partial charge on any atom is -0.493 e. The summed E-state index contributed by atoms with van der Waals surface area (Å²) in [6.07, 6.45) is 8.87. The summed E-state index contributed by atoms with van der Waals surface area (Å²) < 4.78 is 16.1. The Labute approximate surface area is 199 Å². The summed E-state index contributed by atoms with van der Waals surface area (Å²) in [6, 6.07) is 3.37. The number of ketones is 1. The van der Waals surface area contributed by atoms with E-state index in [0.717, 1.165) is 18.7 Å². The Kier molecular flexibility index (Phi) is 7.45. The first-order valence-corrected chi connectivity index (χ1v) is 12.0. The molecule has 4 rings (SSSR count). The third-order valence-electron chi connectivity index (χ3n) is 6.34. The van der Waals surface area contributed by atoms with Crippen LogP contribution < -0.4 is 14.2 Å². The minimum atomic E-state index is -0.0682. The molecule has 176 valence electrons. The number of hydrogen-bond donors (Lipinski definition) is 0. The Morgan fingerprint density at radius 3 is 2.27 bits per heavy atom. The standard InChI is InChI=1S/C25H30N2O5S/c1-30-21-14-17(15-22(31-2)24(21)32-3)25(29)27-12-10-26(11-13-27)9-8-20(28)19-16-33-23-7-5-4-6-18(19)23/h4-7,14-16,18,23H,8-13H2,1-3H3. The van der Waals surface area contributed by atoms with Crippen molar-refractivity contribution in [3.63, 3.8) is 0 Å². The second-order valence-corrected chi connectivity index (χ2v) is 9.24. The molecule has 0 bridgehead atoms. The molecular formula is C25H30N2O5S. The quantitative estimate of drug-likeness (QED) is 0.578. The molecule has 0 N–H and O–H groups in total. The Morgan fingerprint density at radius 1 is 0.970 bits per heavy atom. The van der Waals surface area contributed by atoms with Crippen molar-refractivity contribution >= 4 is 23.5 Å². The van der Waals surface area contributed by atoms with Crippen LogP contribution in [0.25, 0.3) is 0 Å². The summed E-state index contributed by atoms with van der Waals surface area (Å²) in [7, 11) is 4.61. The van der Waals surface area contributed by atoms with Crippen molar-refractivity contribution in [3.8, 4) is 17.2 Å². The summed E-state index contributed by atoms with van der Waals surface area (Å²) in [6.45, 7) is 3.42. The summed E-state index contributed by atoms with van der Waals surface area (Å²) in [4.78, 5) is 30.0. The third-order valence-corrected chi connectivity index (χ3v) is 7.50. The van der Waals surface area contributed by atoms with Gasteiger partial charge in [0.1, 0.15) is 0 Å². The smallest absolute Gasteiger partial charge is 0.254 e. The molecule has 8 heteroatoms. The lowest BCUT2D eigenvalue weighted by atomic mass is 9.89. The number of hydrogen-bond acceptors (Lipinski definition) is 7. The number of allylic oxidation sites excluding steroid dienone is 4. The van der Waals surface area contributed by atoms with Crippen molar-refractivity contribution in [2.45, 2.75) is 11.7 Å². The van der Waals surface area contributed by atoms with Gasteiger partial charge in [0.2, 0.25) is 5.75 Å². The van der Waals surface area contributed by atoms with Gasteiger partial charge in [-0.05, 0) is 17.5 Å². The lowest BCUT2D eigenvalue weighted by Crippen LogP contribution is -2.49. The van der Waals surface area contributed by atoms with Crippen molar-refractivity contribution in [1.29, 1.82) is 0 Å². The SMILES string of the molecule is COc1cc(C(=O)N2CCN(CCC(=O)C3=CSC4C=CC=CC34)CC2)cc(OC)c1OC. The number of methoxy groups -OCH3 is 3. The first-order valence-electron chi connectivity index (χ1n) is 11.1. The van der Waals surface area contributed by atoms with Crippen LogP contribution >= 0.6 is 11.8 Å². The van der Waals surface area contributed by atoms with E-state index in [9.17, 15) is 9.59 Å². The zero-order valence-electron chi connectivity index (χ0n) is 19.3. The molecule has 1 saturated heterocycles. The molecule has 3 aliphatic rings. The number of carbonyl (C=O) groups excluding carboxylic acids is 2. The number of thioether (sulfide) groups is 1. The lowest BCUT2D eigenvalue weighted by Gasteiger charge is -2.34. The Hall–Kier alpha value is -2.71. The minimum absolute atomic E-state index is 0.0682. The number of benzene rings is 1. The molecule has 0 spiro atoms. The van der Waals surface area contributed by atoms with E-state index < -0.39 is 0 Å². The molecule has 1 aromatic rings. The van der Waals surface area contributed by atoms with Crippen LogP contribution in [0.3, 0.4) is 0 Å². The molecule has 2 heterocycles. The lowest BCUT2D eigenvalue weighted by molar-refractivity contribution is -0.116. The van der Waals surface area contributed by atoms with Crippen LogP contribution in [0.1, 0.15) is 16.8 Å². The highest BCUT2D eigenvalue weighted by Crippen LogP contribution is 2.40. The molecule has 1 amide bonds. The Balaban J connectivity index is 1.30. The monoisotopic (exact) mass is 470 g/mol. The van der Waals surface area contributed by atoms with E-state index in [1.54, 1.807) is 23.9 Å². The van der Waals surface area contributed by atoms with Crippen LogP contribution in [0.15, 0.2) is 47.4 Å². The third kappa shape index (κ3) is 4.96. The number of carbonyl (C=O) groups is 2. The number of rotatable bonds is 8. The Bertz CT molecular complexity index is 970. The summed E-state index contributed by atoms with van der Waals surface area (Å²) >= 11 is 1.73. The molecule has 7 nitrogen and oxygen atoms in total. The molecule has 0 saturated carbocycles. The molecular weight excluding hydrogens is 440 g/mol. The average molecular weight is 471 g/mol. The molecule has 2 aliphatic heterocycles. The normalized spacial score (nSPS) is 22.0. The molecule has 1 fully saturated rings. The first kappa shape index (κ1) is 23.4. The molecule has 1 aliphatic carbocycles. The Morgan fingerprint density at radius 2 is 1.64 bits per heavy atom. The highest BCUT2D eigenvalue weighted by molar-refractivity contribution is 8.03. The maximum atomic E-state index is 13.1. The van der Waals surface area contributed by atoms with Gasteiger partial charge >= 0.3 is 0 Å². The predicted molar refractivity (Wildman–Crippen MR) is 129 cm³/mol. The highest BCUT2D eigenvalue weighted by Gasteiger charge is 2.32. The molecule has 0 aromatic heterocycles. The van der Waals surface area contributed by atoms with Gasteiger partial charge in [-0.1, -0.05) is 24.3 Å². The van der Waals surface area contributed by atoms with Crippen molar-refractivity contribution in [3.05, 3.63) is 53.0 Å². The first-order chi connectivity index (χ1) is 16.0. The van der Waals surface area contributed by atoms with Crippen LogP contribution in [0, 0.1) is 5.92 Å². The second kappa shape index (κ2) is 10.5. The van der Waals surface area contributed by atoms with Gasteiger partial charge in [-0.25, -0.2) is 0 Å². The fraction of sp³-hybridized carbons (Fsp3) is 0.440. The summed E-state index contributed by atoms with van der Waals surface area (Å²) in [5.74, 6) is 1.75. The molecule has 1 aromatic carbocycles. The van der Waals surface area contributed by atoms with E-state index in [-0.39, 0.29) is 17.6 Å². The van der Waals surface area contributed by atoms with Gasteiger partial charge in [0.25, 0.3) is 5.91 Å². The summed E-state index contributed by atoms with van der Waals surface area (Å²) in [5.41, 5.74) is 1.43. The zero-order chi connectivity index (χ0) is 23.4. The van der Waals surface area contributed by atoms with Gasteiger partial charge in [-0.3, -0.25) is 14.5 Å². The van der Waals surface area contributed by atoms with Crippen LogP contribution in [0.4, 0.5) is 0 Å². The number of fused-ring (bicyclic) bond motifs is 1. The van der Waals surface area contributed by atoms with E-state index in [1.165, 1.54) is 21.3 Å². The predicted octanol–water partition coefficient (Wildman–Crippen LogP) is 3.17. The number of piperazine rings is 1. The van der Waals surface area contributed by atoms with Gasteiger partial charge in [0, 0.05) is 61.4 Å².